The normalized spacial score (nSPS) is 19.3. The van der Waals surface area contributed by atoms with Crippen molar-refractivity contribution in [3.8, 4) is 0 Å². The van der Waals surface area contributed by atoms with Gasteiger partial charge in [-0.2, -0.15) is 0 Å². The third kappa shape index (κ3) is 4.47. The average Bonchev–Trinajstić information content (AvgIpc) is 2.83. The summed E-state index contributed by atoms with van der Waals surface area (Å²) < 4.78 is 12.2. The van der Waals surface area contributed by atoms with Crippen molar-refractivity contribution in [2.24, 2.45) is 0 Å². The number of benzene rings is 2. The molecule has 0 spiro atoms. The number of amides is 1. The maximum absolute atomic E-state index is 12.1. The number of aliphatic hydroxyl groups is 1. The number of fused-ring (bicyclic) bond motifs is 1. The molecule has 0 saturated heterocycles. The summed E-state index contributed by atoms with van der Waals surface area (Å²) >= 11 is 5.79. The molecule has 33 heavy (non-hydrogen) atoms. The predicted octanol–water partition coefficient (Wildman–Crippen LogP) is 2.66. The minimum atomic E-state index is -2.46. The van der Waals surface area contributed by atoms with E-state index in [1.807, 2.05) is 18.2 Å². The van der Waals surface area contributed by atoms with Gasteiger partial charge in [0.1, 0.15) is 5.82 Å². The minimum Gasteiger partial charge on any atom is -0.405 e. The van der Waals surface area contributed by atoms with E-state index in [1.165, 1.54) is 22.1 Å². The van der Waals surface area contributed by atoms with Crippen LogP contribution in [0.4, 0.5) is 5.82 Å². The van der Waals surface area contributed by atoms with E-state index >= 15 is 0 Å². The Balaban J connectivity index is 1.35. The molecule has 0 bridgehead atoms. The van der Waals surface area contributed by atoms with E-state index < -0.39 is 20.3 Å². The summed E-state index contributed by atoms with van der Waals surface area (Å²) in [7, 11) is -2.46. The Morgan fingerprint density at radius 2 is 1.82 bits per heavy atom. The van der Waals surface area contributed by atoms with Crippen LogP contribution in [0.2, 0.25) is 5.02 Å². The van der Waals surface area contributed by atoms with Crippen LogP contribution in [0.1, 0.15) is 19.4 Å². The van der Waals surface area contributed by atoms with Crippen LogP contribution in [0, 0.1) is 0 Å². The average molecular weight is 483 g/mol. The van der Waals surface area contributed by atoms with Crippen molar-refractivity contribution in [3.05, 3.63) is 83.5 Å². The number of rotatable bonds is 9. The first-order chi connectivity index (χ1) is 15.9. The van der Waals surface area contributed by atoms with Crippen LogP contribution in [-0.2, 0) is 19.0 Å². The molecule has 0 saturated carbocycles. The van der Waals surface area contributed by atoms with E-state index in [2.05, 4.69) is 60.5 Å². The first kappa shape index (κ1) is 23.6. The second-order valence-corrected chi connectivity index (χ2v) is 13.0. The van der Waals surface area contributed by atoms with E-state index in [0.717, 1.165) is 0 Å². The van der Waals surface area contributed by atoms with Crippen molar-refractivity contribution >= 4 is 42.0 Å². The molecule has 6 nitrogen and oxygen atoms in total. The number of anilines is 1. The van der Waals surface area contributed by atoms with Crippen molar-refractivity contribution in [2.45, 2.75) is 25.0 Å². The van der Waals surface area contributed by atoms with Gasteiger partial charge in [-0.05, 0) is 28.1 Å². The summed E-state index contributed by atoms with van der Waals surface area (Å²) in [5.41, 5.74) is 1.32. The topological polar surface area (TPSA) is 80.7 Å². The summed E-state index contributed by atoms with van der Waals surface area (Å²) in [5.74, 6) is -0.275. The smallest absolute Gasteiger partial charge is 0.266 e. The number of hydrogen-bond donors (Lipinski definition) is 2. The number of hydrogen-bond acceptors (Lipinski definition) is 5. The third-order valence-corrected chi connectivity index (χ3v) is 11.4. The standard InChI is InChI=1S/C25H27ClN2O4Si/c1-25(2)20-10-6-7-11-22(20)33(25,19-8-4-3-5-9-19)32-15-14-31-17-21(29)24(30)28-23-13-12-18(26)16-27-23/h3-13,16,21,29H,14-15,17H2,1-2H3,(H,27,28,30). The van der Waals surface area contributed by atoms with Crippen molar-refractivity contribution < 1.29 is 19.1 Å². The van der Waals surface area contributed by atoms with Gasteiger partial charge in [-0.25, -0.2) is 4.98 Å². The Morgan fingerprint density at radius 3 is 2.55 bits per heavy atom. The van der Waals surface area contributed by atoms with Gasteiger partial charge in [0.2, 0.25) is 0 Å². The summed E-state index contributed by atoms with van der Waals surface area (Å²) in [6.45, 7) is 4.99. The molecule has 0 radical (unpaired) electrons. The number of halogens is 1. The van der Waals surface area contributed by atoms with Crippen LogP contribution < -0.4 is 15.7 Å². The first-order valence-electron chi connectivity index (χ1n) is 10.8. The zero-order chi connectivity index (χ0) is 23.5. The molecule has 8 heteroatoms. The Bertz CT molecular complexity index is 1110. The van der Waals surface area contributed by atoms with Gasteiger partial charge in [-0.3, -0.25) is 4.79 Å². The highest BCUT2D eigenvalue weighted by Gasteiger charge is 2.62. The Hall–Kier alpha value is -2.55. The summed E-state index contributed by atoms with van der Waals surface area (Å²) in [4.78, 5) is 16.1. The fourth-order valence-electron chi connectivity index (χ4n) is 4.51. The van der Waals surface area contributed by atoms with E-state index in [-0.39, 0.29) is 18.3 Å². The molecule has 0 aliphatic carbocycles. The monoisotopic (exact) mass is 482 g/mol. The second-order valence-electron chi connectivity index (χ2n) is 8.51. The Labute approximate surface area is 199 Å². The molecule has 1 aromatic heterocycles. The summed E-state index contributed by atoms with van der Waals surface area (Å²) in [6, 6.07) is 22.0. The highest BCUT2D eigenvalue weighted by molar-refractivity contribution is 7.03. The van der Waals surface area contributed by atoms with Gasteiger partial charge in [0.15, 0.2) is 6.10 Å². The maximum atomic E-state index is 12.1. The lowest BCUT2D eigenvalue weighted by Gasteiger charge is -2.55. The number of pyridine rings is 1. The van der Waals surface area contributed by atoms with Crippen LogP contribution in [0.3, 0.4) is 0 Å². The lowest BCUT2D eigenvalue weighted by Crippen LogP contribution is -2.81. The van der Waals surface area contributed by atoms with Gasteiger partial charge in [-0.1, -0.05) is 80.0 Å². The van der Waals surface area contributed by atoms with Crippen LogP contribution in [0.25, 0.3) is 0 Å². The molecule has 2 atom stereocenters. The SMILES string of the molecule is CC1(C)c2ccccc2[Si]1(OCCOCC(O)C(=O)Nc1ccc(Cl)cn1)c1ccccc1. The molecule has 2 unspecified atom stereocenters. The largest absolute Gasteiger partial charge is 0.405 e. The number of aromatic nitrogens is 1. The van der Waals surface area contributed by atoms with Crippen LogP contribution in [0.15, 0.2) is 72.9 Å². The molecular weight excluding hydrogens is 456 g/mol. The fraction of sp³-hybridized carbons (Fsp3) is 0.280. The van der Waals surface area contributed by atoms with Crippen LogP contribution >= 0.6 is 11.6 Å². The number of nitrogens with one attached hydrogen (secondary N) is 1. The molecule has 1 aliphatic heterocycles. The molecule has 1 amide bonds. The number of carbonyl (C=O) groups is 1. The molecule has 1 aliphatic rings. The molecule has 2 aromatic carbocycles. The zero-order valence-electron chi connectivity index (χ0n) is 18.6. The van der Waals surface area contributed by atoms with Gasteiger partial charge < -0.3 is 19.6 Å². The molecule has 2 heterocycles. The van der Waals surface area contributed by atoms with Crippen molar-refractivity contribution in [3.63, 3.8) is 0 Å². The Kier molecular flexibility index (Phi) is 6.97. The summed E-state index contributed by atoms with van der Waals surface area (Å²) in [6.07, 6.45) is 0.105. The van der Waals surface area contributed by atoms with E-state index in [4.69, 9.17) is 20.8 Å². The lowest BCUT2D eigenvalue weighted by atomic mass is 10.0. The second kappa shape index (κ2) is 9.75. The molecule has 2 N–H and O–H groups in total. The van der Waals surface area contributed by atoms with Gasteiger partial charge in [-0.15, -0.1) is 0 Å². The number of aliphatic hydroxyl groups excluding tert-OH is 1. The number of ether oxygens (including phenoxy) is 1. The lowest BCUT2D eigenvalue weighted by molar-refractivity contribution is -0.127. The van der Waals surface area contributed by atoms with Crippen LogP contribution in [-0.4, -0.2) is 50.2 Å². The van der Waals surface area contributed by atoms with Crippen molar-refractivity contribution in [2.75, 3.05) is 25.1 Å². The fourth-order valence-corrected chi connectivity index (χ4v) is 9.58. The predicted molar refractivity (Wildman–Crippen MR) is 132 cm³/mol. The molecular formula is C25H27ClN2O4Si. The zero-order valence-corrected chi connectivity index (χ0v) is 20.4. The first-order valence-corrected chi connectivity index (χ1v) is 13.1. The van der Waals surface area contributed by atoms with Gasteiger partial charge >= 0.3 is 0 Å². The highest BCUT2D eigenvalue weighted by Crippen LogP contribution is 2.42. The van der Waals surface area contributed by atoms with Crippen molar-refractivity contribution in [1.29, 1.82) is 0 Å². The maximum Gasteiger partial charge on any atom is 0.266 e. The Morgan fingerprint density at radius 1 is 1.09 bits per heavy atom. The third-order valence-electron chi connectivity index (χ3n) is 6.14. The van der Waals surface area contributed by atoms with Crippen molar-refractivity contribution in [1.82, 2.24) is 4.98 Å². The number of nitrogens with zero attached hydrogens (tertiary/aromatic N) is 1. The minimum absolute atomic E-state index is 0.0874. The highest BCUT2D eigenvalue weighted by atomic mass is 35.5. The number of carbonyl (C=O) groups excluding carboxylic acids is 1. The van der Waals surface area contributed by atoms with E-state index in [1.54, 1.807) is 12.1 Å². The van der Waals surface area contributed by atoms with Gasteiger partial charge in [0, 0.05) is 11.2 Å². The molecule has 0 fully saturated rings. The molecule has 3 aromatic rings. The molecule has 4 rings (SSSR count). The summed E-state index contributed by atoms with van der Waals surface area (Å²) in [5, 5.41) is 15.5. The molecule has 172 valence electrons. The van der Waals surface area contributed by atoms with Gasteiger partial charge in [0.05, 0.1) is 24.8 Å². The van der Waals surface area contributed by atoms with Gasteiger partial charge in [0.25, 0.3) is 14.2 Å². The van der Waals surface area contributed by atoms with E-state index in [9.17, 15) is 9.90 Å². The quantitative estimate of drug-likeness (QED) is 0.362. The van der Waals surface area contributed by atoms with E-state index in [0.29, 0.717) is 17.4 Å². The van der Waals surface area contributed by atoms with Crippen LogP contribution in [0.5, 0.6) is 0 Å².